The molecule has 70 valence electrons. The molecule has 1 aliphatic heterocycles. The molecule has 0 saturated carbocycles. The smallest absolute Gasteiger partial charge is 0.145 e. The molecule has 0 aromatic heterocycles. The first kappa shape index (κ1) is 8.78. The van der Waals surface area contributed by atoms with Crippen molar-refractivity contribution in [3.05, 3.63) is 28.5 Å². The third-order valence-corrected chi connectivity index (χ3v) is 2.47. The lowest BCUT2D eigenvalue weighted by molar-refractivity contribution is 0.317. The highest BCUT2D eigenvalue weighted by molar-refractivity contribution is 6.30. The fourth-order valence-corrected chi connectivity index (χ4v) is 1.62. The van der Waals surface area contributed by atoms with Gasteiger partial charge in [0.15, 0.2) is 0 Å². The Labute approximate surface area is 80.7 Å². The Morgan fingerprint density at radius 1 is 1.62 bits per heavy atom. The number of likely N-dealkylation sites (N-methyl/N-ethyl adjacent to an activating group) is 1. The van der Waals surface area contributed by atoms with Gasteiger partial charge in [0.1, 0.15) is 18.2 Å². The number of nitrogens with one attached hydrogen (secondary N) is 1. The Balaban J connectivity index is 2.47. The van der Waals surface area contributed by atoms with E-state index in [1.165, 1.54) is 6.07 Å². The van der Waals surface area contributed by atoms with E-state index >= 15 is 0 Å². The lowest BCUT2D eigenvalue weighted by Crippen LogP contribution is -2.17. The monoisotopic (exact) mass is 201 g/mol. The molecule has 1 heterocycles. The maximum atomic E-state index is 13.0. The molecule has 1 aliphatic rings. The molecule has 0 aliphatic carbocycles. The van der Waals surface area contributed by atoms with Crippen molar-refractivity contribution in [2.24, 2.45) is 0 Å². The van der Waals surface area contributed by atoms with Crippen LogP contribution in [0.5, 0.6) is 5.75 Å². The van der Waals surface area contributed by atoms with Crippen LogP contribution in [0.2, 0.25) is 5.02 Å². The van der Waals surface area contributed by atoms with Crippen LogP contribution >= 0.6 is 11.6 Å². The van der Waals surface area contributed by atoms with Gasteiger partial charge in [0.25, 0.3) is 0 Å². The van der Waals surface area contributed by atoms with Gasteiger partial charge in [-0.3, -0.25) is 0 Å². The third-order valence-electron chi connectivity index (χ3n) is 2.18. The van der Waals surface area contributed by atoms with Gasteiger partial charge in [0, 0.05) is 11.6 Å². The molecule has 2 nitrogen and oxygen atoms in total. The summed E-state index contributed by atoms with van der Waals surface area (Å²) in [4.78, 5) is 0. The van der Waals surface area contributed by atoms with Gasteiger partial charge >= 0.3 is 0 Å². The molecule has 0 amide bonds. The lowest BCUT2D eigenvalue weighted by atomic mass is 10.1. The molecule has 0 spiro atoms. The molecule has 0 saturated heterocycles. The minimum atomic E-state index is -0.433. The van der Waals surface area contributed by atoms with E-state index < -0.39 is 5.82 Å². The van der Waals surface area contributed by atoms with E-state index in [9.17, 15) is 4.39 Å². The first-order valence-corrected chi connectivity index (χ1v) is 4.39. The van der Waals surface area contributed by atoms with E-state index in [1.54, 1.807) is 6.07 Å². The molecule has 0 fully saturated rings. The maximum Gasteiger partial charge on any atom is 0.145 e. The normalized spacial score (nSPS) is 19.8. The lowest BCUT2D eigenvalue weighted by Gasteiger charge is -2.06. The van der Waals surface area contributed by atoms with E-state index in [4.69, 9.17) is 16.3 Å². The van der Waals surface area contributed by atoms with Gasteiger partial charge in [-0.2, -0.15) is 0 Å². The van der Waals surface area contributed by atoms with Crippen LogP contribution in [0.1, 0.15) is 11.6 Å². The number of rotatable bonds is 1. The summed E-state index contributed by atoms with van der Waals surface area (Å²) in [7, 11) is 1.83. The van der Waals surface area contributed by atoms with Crippen LogP contribution in [0.15, 0.2) is 12.1 Å². The zero-order chi connectivity index (χ0) is 9.42. The van der Waals surface area contributed by atoms with Gasteiger partial charge in [0.2, 0.25) is 0 Å². The number of hydrogen-bond acceptors (Lipinski definition) is 2. The van der Waals surface area contributed by atoms with Crippen molar-refractivity contribution in [3.8, 4) is 5.75 Å². The molecule has 1 aromatic carbocycles. The first-order valence-electron chi connectivity index (χ1n) is 4.01. The van der Waals surface area contributed by atoms with Gasteiger partial charge in [-0.25, -0.2) is 4.39 Å². The van der Waals surface area contributed by atoms with E-state index in [-0.39, 0.29) is 11.1 Å². The van der Waals surface area contributed by atoms with Crippen molar-refractivity contribution in [2.75, 3.05) is 13.7 Å². The largest absolute Gasteiger partial charge is 0.491 e. The van der Waals surface area contributed by atoms with Crippen LogP contribution in [0.3, 0.4) is 0 Å². The van der Waals surface area contributed by atoms with Crippen molar-refractivity contribution in [2.45, 2.75) is 6.04 Å². The fourth-order valence-electron chi connectivity index (χ4n) is 1.44. The summed E-state index contributed by atoms with van der Waals surface area (Å²) < 4.78 is 18.2. The summed E-state index contributed by atoms with van der Waals surface area (Å²) in [5.74, 6) is 0.151. The Bertz CT molecular complexity index is 343. The van der Waals surface area contributed by atoms with Crippen LogP contribution < -0.4 is 10.1 Å². The highest BCUT2D eigenvalue weighted by atomic mass is 35.5. The molecule has 1 unspecified atom stereocenters. The number of hydrogen-bond donors (Lipinski definition) is 1. The molecule has 2 rings (SSSR count). The summed E-state index contributed by atoms with van der Waals surface area (Å²) >= 11 is 5.66. The highest BCUT2D eigenvalue weighted by Gasteiger charge is 2.24. The molecular formula is C9H9ClFNO. The predicted molar refractivity (Wildman–Crippen MR) is 48.7 cm³/mol. The molecule has 1 aromatic rings. The highest BCUT2D eigenvalue weighted by Crippen LogP contribution is 2.35. The predicted octanol–water partition coefficient (Wildman–Crippen LogP) is 2.13. The SMILES string of the molecule is CNC1COc2cc(F)c(Cl)cc21. The molecular weight excluding hydrogens is 193 g/mol. The van der Waals surface area contributed by atoms with Crippen LogP contribution in [0.25, 0.3) is 0 Å². The summed E-state index contributed by atoms with van der Waals surface area (Å²) in [6, 6.07) is 3.06. The second kappa shape index (κ2) is 3.16. The fraction of sp³-hybridized carbons (Fsp3) is 0.333. The van der Waals surface area contributed by atoms with Crippen molar-refractivity contribution >= 4 is 11.6 Å². The Hall–Kier alpha value is -0.800. The van der Waals surface area contributed by atoms with Crippen LogP contribution in [-0.2, 0) is 0 Å². The zero-order valence-electron chi connectivity index (χ0n) is 7.10. The van der Waals surface area contributed by atoms with Gasteiger partial charge in [-0.1, -0.05) is 11.6 Å². The summed E-state index contributed by atoms with van der Waals surface area (Å²) in [6.07, 6.45) is 0. The second-order valence-electron chi connectivity index (χ2n) is 2.96. The quantitative estimate of drug-likeness (QED) is 0.752. The Morgan fingerprint density at radius 2 is 2.38 bits per heavy atom. The summed E-state index contributed by atoms with van der Waals surface area (Å²) in [5, 5.41) is 3.20. The van der Waals surface area contributed by atoms with Crippen molar-refractivity contribution in [1.82, 2.24) is 5.32 Å². The van der Waals surface area contributed by atoms with Gasteiger partial charge in [-0.15, -0.1) is 0 Å². The molecule has 13 heavy (non-hydrogen) atoms. The number of fused-ring (bicyclic) bond motifs is 1. The molecule has 1 N–H and O–H groups in total. The molecule has 0 bridgehead atoms. The number of halogens is 2. The minimum Gasteiger partial charge on any atom is -0.491 e. The van der Waals surface area contributed by atoms with Crippen LogP contribution in [-0.4, -0.2) is 13.7 Å². The Morgan fingerprint density at radius 3 is 3.08 bits per heavy atom. The van der Waals surface area contributed by atoms with E-state index in [2.05, 4.69) is 5.32 Å². The second-order valence-corrected chi connectivity index (χ2v) is 3.36. The van der Waals surface area contributed by atoms with E-state index in [1.807, 2.05) is 7.05 Å². The standard InChI is InChI=1S/C9H9ClFNO/c1-12-8-4-13-9-3-7(11)6(10)2-5(8)9/h2-3,8,12H,4H2,1H3. The van der Waals surface area contributed by atoms with Gasteiger partial charge in [0.05, 0.1) is 11.1 Å². The van der Waals surface area contributed by atoms with E-state index in [0.717, 1.165) is 5.56 Å². The topological polar surface area (TPSA) is 21.3 Å². The zero-order valence-corrected chi connectivity index (χ0v) is 7.86. The van der Waals surface area contributed by atoms with Crippen LogP contribution in [0, 0.1) is 5.82 Å². The van der Waals surface area contributed by atoms with Crippen molar-refractivity contribution in [1.29, 1.82) is 0 Å². The maximum absolute atomic E-state index is 13.0. The van der Waals surface area contributed by atoms with Crippen LogP contribution in [0.4, 0.5) is 4.39 Å². The van der Waals surface area contributed by atoms with Gasteiger partial charge in [-0.05, 0) is 13.1 Å². The first-order chi connectivity index (χ1) is 6.22. The minimum absolute atomic E-state index is 0.119. The van der Waals surface area contributed by atoms with Crippen molar-refractivity contribution < 1.29 is 9.13 Å². The molecule has 1 atom stereocenters. The Kier molecular flexibility index (Phi) is 2.14. The molecule has 4 heteroatoms. The average Bonchev–Trinajstić information content (AvgIpc) is 2.48. The summed E-state index contributed by atoms with van der Waals surface area (Å²) in [6.45, 7) is 0.533. The van der Waals surface area contributed by atoms with E-state index in [0.29, 0.717) is 12.4 Å². The number of benzene rings is 1. The van der Waals surface area contributed by atoms with Crippen molar-refractivity contribution in [3.63, 3.8) is 0 Å². The number of ether oxygens (including phenoxy) is 1. The average molecular weight is 202 g/mol. The third kappa shape index (κ3) is 1.38. The van der Waals surface area contributed by atoms with Gasteiger partial charge < -0.3 is 10.1 Å². The molecule has 0 radical (unpaired) electrons. The summed E-state index contributed by atoms with van der Waals surface area (Å²) in [5.41, 5.74) is 0.925.